The highest BCUT2D eigenvalue weighted by atomic mass is 19.1. The number of aromatic nitrogens is 2. The maximum atomic E-state index is 13.1. The van der Waals surface area contributed by atoms with Crippen LogP contribution >= 0.6 is 0 Å². The first-order chi connectivity index (χ1) is 12.2. The van der Waals surface area contributed by atoms with Gasteiger partial charge in [-0.1, -0.05) is 18.2 Å². The average Bonchev–Trinajstić information content (AvgIpc) is 2.68. The van der Waals surface area contributed by atoms with E-state index in [4.69, 9.17) is 4.74 Å². The van der Waals surface area contributed by atoms with Crippen LogP contribution in [-0.2, 0) is 0 Å². The number of nitrogens with zero attached hydrogens (tertiary/aromatic N) is 2. The van der Waals surface area contributed by atoms with Gasteiger partial charge >= 0.3 is 0 Å². The minimum atomic E-state index is -0.242. The molecule has 4 aromatic rings. The van der Waals surface area contributed by atoms with Crippen LogP contribution in [0.25, 0.3) is 33.4 Å². The Hall–Kier alpha value is -3.27. The van der Waals surface area contributed by atoms with Gasteiger partial charge in [-0.2, -0.15) is 0 Å². The monoisotopic (exact) mass is 330 g/mol. The summed E-state index contributed by atoms with van der Waals surface area (Å²) in [5, 5.41) is 0. The van der Waals surface area contributed by atoms with Crippen LogP contribution in [0.2, 0.25) is 0 Å². The van der Waals surface area contributed by atoms with Crippen molar-refractivity contribution in [3.8, 4) is 28.1 Å². The average molecular weight is 330 g/mol. The molecule has 3 aromatic carbocycles. The standard InChI is InChI=1S/C21H15FN2O/c1-25-18-9-4-15(5-10-18)21-13-23-20-12-16(6-11-19(20)24-21)14-2-7-17(22)8-3-14/h2-13H,1H3. The Balaban J connectivity index is 1.71. The van der Waals surface area contributed by atoms with E-state index in [-0.39, 0.29) is 5.82 Å². The highest BCUT2D eigenvalue weighted by molar-refractivity contribution is 5.82. The molecule has 122 valence electrons. The molecule has 0 saturated heterocycles. The van der Waals surface area contributed by atoms with Crippen LogP contribution in [-0.4, -0.2) is 17.1 Å². The Morgan fingerprint density at radius 1 is 0.760 bits per heavy atom. The molecule has 0 radical (unpaired) electrons. The number of rotatable bonds is 3. The molecule has 0 aliphatic heterocycles. The summed E-state index contributed by atoms with van der Waals surface area (Å²) in [5.74, 6) is 0.565. The first-order valence-corrected chi connectivity index (χ1v) is 7.90. The normalized spacial score (nSPS) is 10.8. The number of benzene rings is 3. The van der Waals surface area contributed by atoms with E-state index in [2.05, 4.69) is 9.97 Å². The van der Waals surface area contributed by atoms with Crippen molar-refractivity contribution in [2.24, 2.45) is 0 Å². The van der Waals surface area contributed by atoms with Crippen molar-refractivity contribution < 1.29 is 9.13 Å². The number of fused-ring (bicyclic) bond motifs is 1. The molecule has 25 heavy (non-hydrogen) atoms. The van der Waals surface area contributed by atoms with Gasteiger partial charge in [0.2, 0.25) is 0 Å². The Morgan fingerprint density at radius 3 is 2.16 bits per heavy atom. The number of hydrogen-bond acceptors (Lipinski definition) is 3. The molecule has 0 bridgehead atoms. The van der Waals surface area contributed by atoms with Crippen molar-refractivity contribution >= 4 is 11.0 Å². The number of methoxy groups -OCH3 is 1. The topological polar surface area (TPSA) is 35.0 Å². The molecule has 0 N–H and O–H groups in total. The van der Waals surface area contributed by atoms with Gasteiger partial charge in [0.25, 0.3) is 0 Å². The molecule has 0 aliphatic carbocycles. The van der Waals surface area contributed by atoms with Gasteiger partial charge in [-0.15, -0.1) is 0 Å². The minimum Gasteiger partial charge on any atom is -0.497 e. The molecule has 4 rings (SSSR count). The zero-order chi connectivity index (χ0) is 17.2. The lowest BCUT2D eigenvalue weighted by molar-refractivity contribution is 0.415. The second-order valence-electron chi connectivity index (χ2n) is 5.69. The highest BCUT2D eigenvalue weighted by Gasteiger charge is 2.05. The number of hydrogen-bond donors (Lipinski definition) is 0. The van der Waals surface area contributed by atoms with Gasteiger partial charge in [-0.05, 0) is 59.7 Å². The van der Waals surface area contributed by atoms with Crippen LogP contribution in [0.15, 0.2) is 72.9 Å². The molecule has 0 saturated carbocycles. The first-order valence-electron chi connectivity index (χ1n) is 7.90. The van der Waals surface area contributed by atoms with Crippen molar-refractivity contribution in [3.63, 3.8) is 0 Å². The Kier molecular flexibility index (Phi) is 3.86. The van der Waals surface area contributed by atoms with Crippen molar-refractivity contribution in [1.82, 2.24) is 9.97 Å². The van der Waals surface area contributed by atoms with E-state index in [0.29, 0.717) is 0 Å². The zero-order valence-electron chi connectivity index (χ0n) is 13.6. The third-order valence-corrected chi connectivity index (χ3v) is 4.11. The molecule has 1 aromatic heterocycles. The molecule has 0 spiro atoms. The van der Waals surface area contributed by atoms with E-state index in [1.165, 1.54) is 12.1 Å². The van der Waals surface area contributed by atoms with Gasteiger partial charge in [-0.25, -0.2) is 9.37 Å². The van der Waals surface area contributed by atoms with Crippen molar-refractivity contribution in [3.05, 3.63) is 78.7 Å². The predicted molar refractivity (Wildman–Crippen MR) is 96.9 cm³/mol. The Morgan fingerprint density at radius 2 is 1.44 bits per heavy atom. The van der Waals surface area contributed by atoms with E-state index >= 15 is 0 Å². The third kappa shape index (κ3) is 3.06. The molecule has 4 heteroatoms. The smallest absolute Gasteiger partial charge is 0.123 e. The van der Waals surface area contributed by atoms with Gasteiger partial charge < -0.3 is 4.74 Å². The SMILES string of the molecule is COc1ccc(-c2cnc3cc(-c4ccc(F)cc4)ccc3n2)cc1. The number of ether oxygens (including phenoxy) is 1. The summed E-state index contributed by atoms with van der Waals surface area (Å²) in [6.07, 6.45) is 1.76. The van der Waals surface area contributed by atoms with Gasteiger partial charge in [0, 0.05) is 5.56 Å². The van der Waals surface area contributed by atoms with E-state index in [9.17, 15) is 4.39 Å². The molecule has 0 unspecified atom stereocenters. The Labute approximate surface area is 144 Å². The first kappa shape index (κ1) is 15.3. The molecule has 0 atom stereocenters. The van der Waals surface area contributed by atoms with Crippen LogP contribution < -0.4 is 4.74 Å². The van der Waals surface area contributed by atoms with Gasteiger partial charge in [-0.3, -0.25) is 4.98 Å². The summed E-state index contributed by atoms with van der Waals surface area (Å²) in [5.41, 5.74) is 5.35. The fourth-order valence-corrected chi connectivity index (χ4v) is 2.73. The summed E-state index contributed by atoms with van der Waals surface area (Å²) >= 11 is 0. The largest absolute Gasteiger partial charge is 0.497 e. The van der Waals surface area contributed by atoms with E-state index in [1.807, 2.05) is 42.5 Å². The molecule has 0 fully saturated rings. The summed E-state index contributed by atoms with van der Waals surface area (Å²) in [6, 6.07) is 20.0. The van der Waals surface area contributed by atoms with Crippen LogP contribution in [0.1, 0.15) is 0 Å². The Bertz CT molecular complexity index is 1030. The maximum Gasteiger partial charge on any atom is 0.123 e. The quantitative estimate of drug-likeness (QED) is 0.523. The molecule has 0 aliphatic rings. The van der Waals surface area contributed by atoms with Crippen LogP contribution in [0.3, 0.4) is 0 Å². The molecular weight excluding hydrogens is 315 g/mol. The fraction of sp³-hybridized carbons (Fsp3) is 0.0476. The van der Waals surface area contributed by atoms with Crippen LogP contribution in [0.5, 0.6) is 5.75 Å². The predicted octanol–water partition coefficient (Wildman–Crippen LogP) is 5.11. The fourth-order valence-electron chi connectivity index (χ4n) is 2.73. The van der Waals surface area contributed by atoms with Gasteiger partial charge in [0.15, 0.2) is 0 Å². The third-order valence-electron chi connectivity index (χ3n) is 4.11. The molecule has 0 amide bonds. The van der Waals surface area contributed by atoms with Crippen LogP contribution in [0, 0.1) is 5.82 Å². The highest BCUT2D eigenvalue weighted by Crippen LogP contribution is 2.25. The van der Waals surface area contributed by atoms with E-state index in [1.54, 1.807) is 25.4 Å². The lowest BCUT2D eigenvalue weighted by Crippen LogP contribution is -1.90. The summed E-state index contributed by atoms with van der Waals surface area (Å²) < 4.78 is 18.3. The molecule has 1 heterocycles. The lowest BCUT2D eigenvalue weighted by atomic mass is 10.0. The second-order valence-corrected chi connectivity index (χ2v) is 5.69. The van der Waals surface area contributed by atoms with Gasteiger partial charge in [0.1, 0.15) is 11.6 Å². The lowest BCUT2D eigenvalue weighted by Gasteiger charge is -2.06. The maximum absolute atomic E-state index is 13.1. The van der Waals surface area contributed by atoms with Crippen molar-refractivity contribution in [2.75, 3.05) is 7.11 Å². The van der Waals surface area contributed by atoms with E-state index in [0.717, 1.165) is 39.2 Å². The van der Waals surface area contributed by atoms with Crippen molar-refractivity contribution in [2.45, 2.75) is 0 Å². The minimum absolute atomic E-state index is 0.242. The van der Waals surface area contributed by atoms with Crippen molar-refractivity contribution in [1.29, 1.82) is 0 Å². The molecule has 3 nitrogen and oxygen atoms in total. The second kappa shape index (κ2) is 6.32. The summed E-state index contributed by atoms with van der Waals surface area (Å²) in [6.45, 7) is 0. The van der Waals surface area contributed by atoms with Gasteiger partial charge in [0.05, 0.1) is 30.0 Å². The summed E-state index contributed by atoms with van der Waals surface area (Å²) in [4.78, 5) is 9.22. The summed E-state index contributed by atoms with van der Waals surface area (Å²) in [7, 11) is 1.64. The van der Waals surface area contributed by atoms with E-state index < -0.39 is 0 Å². The zero-order valence-corrected chi connectivity index (χ0v) is 13.6. The van der Waals surface area contributed by atoms with Crippen LogP contribution in [0.4, 0.5) is 4.39 Å². The number of halogens is 1. The molecular formula is C21H15FN2O.